The highest BCUT2D eigenvalue weighted by molar-refractivity contribution is 5.75. The molecule has 1 aliphatic carbocycles. The second kappa shape index (κ2) is 6.63. The maximum Gasteiger partial charge on any atom is 0.437 e. The average Bonchev–Trinajstić information content (AvgIpc) is 3.40. The first kappa shape index (κ1) is 16.3. The maximum atomic E-state index is 12.3. The molecule has 1 amide bonds. The van der Waals surface area contributed by atoms with Crippen molar-refractivity contribution in [1.29, 1.82) is 0 Å². The van der Waals surface area contributed by atoms with E-state index in [9.17, 15) is 9.59 Å². The SMILES string of the molecule is O=C(Cn1nc(-c2ccccc2)oc1=O)NCC1(c2ccccc2)CC1. The summed E-state index contributed by atoms with van der Waals surface area (Å²) in [6, 6.07) is 19.3. The third kappa shape index (κ3) is 3.31. The standard InChI is InChI=1S/C20H19N3O3/c24-17(21-14-20(11-12-20)16-9-5-2-6-10-16)13-23-19(25)26-18(22-23)15-7-3-1-4-8-15/h1-10H,11-14H2,(H,21,24). The quantitative estimate of drug-likeness (QED) is 0.741. The van der Waals surface area contributed by atoms with Gasteiger partial charge in [-0.2, -0.15) is 4.68 Å². The Labute approximate surface area is 150 Å². The Bertz CT molecular complexity index is 957. The largest absolute Gasteiger partial charge is 0.437 e. The van der Waals surface area contributed by atoms with Crippen molar-refractivity contribution >= 4 is 5.91 Å². The lowest BCUT2D eigenvalue weighted by Crippen LogP contribution is -2.36. The van der Waals surface area contributed by atoms with Crippen LogP contribution in [0.5, 0.6) is 0 Å². The van der Waals surface area contributed by atoms with Crippen molar-refractivity contribution in [3.05, 3.63) is 76.8 Å². The van der Waals surface area contributed by atoms with Gasteiger partial charge < -0.3 is 9.73 Å². The number of nitrogens with one attached hydrogen (secondary N) is 1. The van der Waals surface area contributed by atoms with Gasteiger partial charge in [0, 0.05) is 17.5 Å². The molecule has 1 fully saturated rings. The van der Waals surface area contributed by atoms with E-state index in [-0.39, 0.29) is 23.8 Å². The summed E-state index contributed by atoms with van der Waals surface area (Å²) in [6.45, 7) is 0.411. The van der Waals surface area contributed by atoms with Crippen molar-refractivity contribution in [2.45, 2.75) is 24.8 Å². The molecule has 3 aromatic rings. The Kier molecular flexibility index (Phi) is 4.16. The van der Waals surface area contributed by atoms with Gasteiger partial charge in [0.15, 0.2) is 0 Å². The van der Waals surface area contributed by atoms with Crippen molar-refractivity contribution in [2.75, 3.05) is 6.54 Å². The fraction of sp³-hybridized carbons (Fsp3) is 0.250. The summed E-state index contributed by atoms with van der Waals surface area (Å²) in [6.07, 6.45) is 2.11. The van der Waals surface area contributed by atoms with Crippen LogP contribution in [0.2, 0.25) is 0 Å². The second-order valence-corrected chi connectivity index (χ2v) is 6.62. The zero-order valence-corrected chi connectivity index (χ0v) is 14.2. The van der Waals surface area contributed by atoms with Crippen LogP contribution in [0.4, 0.5) is 0 Å². The molecule has 0 aliphatic heterocycles. The number of nitrogens with zero attached hydrogens (tertiary/aromatic N) is 2. The van der Waals surface area contributed by atoms with E-state index in [0.29, 0.717) is 12.1 Å². The number of carbonyl (C=O) groups excluding carboxylic acids is 1. The molecule has 1 N–H and O–H groups in total. The molecule has 0 radical (unpaired) electrons. The van der Waals surface area contributed by atoms with E-state index in [1.165, 1.54) is 5.56 Å². The van der Waals surface area contributed by atoms with E-state index in [1.54, 1.807) is 12.1 Å². The lowest BCUT2D eigenvalue weighted by Gasteiger charge is -2.16. The Morgan fingerprint density at radius 1 is 1.08 bits per heavy atom. The van der Waals surface area contributed by atoms with E-state index >= 15 is 0 Å². The van der Waals surface area contributed by atoms with Crippen LogP contribution in [0.3, 0.4) is 0 Å². The molecule has 6 nitrogen and oxygen atoms in total. The van der Waals surface area contributed by atoms with Gasteiger partial charge in [0.1, 0.15) is 6.54 Å². The molecule has 1 aromatic heterocycles. The highest BCUT2D eigenvalue weighted by Crippen LogP contribution is 2.47. The van der Waals surface area contributed by atoms with Gasteiger partial charge in [0.2, 0.25) is 11.8 Å². The van der Waals surface area contributed by atoms with Crippen LogP contribution >= 0.6 is 0 Å². The number of rotatable bonds is 6. The number of hydrogen-bond acceptors (Lipinski definition) is 4. The lowest BCUT2D eigenvalue weighted by molar-refractivity contribution is -0.122. The fourth-order valence-electron chi connectivity index (χ4n) is 3.07. The van der Waals surface area contributed by atoms with Crippen molar-refractivity contribution in [3.8, 4) is 11.5 Å². The highest BCUT2D eigenvalue weighted by atomic mass is 16.4. The Morgan fingerprint density at radius 3 is 2.38 bits per heavy atom. The molecule has 0 saturated heterocycles. The van der Waals surface area contributed by atoms with E-state index < -0.39 is 5.76 Å². The topological polar surface area (TPSA) is 77.1 Å². The Hall–Kier alpha value is -3.15. The summed E-state index contributed by atoms with van der Waals surface area (Å²) in [5.74, 6) is -0.670. The van der Waals surface area contributed by atoms with Crippen molar-refractivity contribution in [3.63, 3.8) is 0 Å². The Balaban J connectivity index is 1.40. The summed E-state index contributed by atoms with van der Waals surface area (Å²) >= 11 is 0. The second-order valence-electron chi connectivity index (χ2n) is 6.62. The zero-order valence-electron chi connectivity index (χ0n) is 14.2. The van der Waals surface area contributed by atoms with Crippen LogP contribution in [-0.2, 0) is 16.8 Å². The van der Waals surface area contributed by atoms with Crippen molar-refractivity contribution in [1.82, 2.24) is 15.1 Å². The fourth-order valence-corrected chi connectivity index (χ4v) is 3.07. The highest BCUT2D eigenvalue weighted by Gasteiger charge is 2.44. The molecule has 26 heavy (non-hydrogen) atoms. The van der Waals surface area contributed by atoms with Crippen molar-refractivity contribution in [2.24, 2.45) is 0 Å². The molecule has 4 rings (SSSR count). The average molecular weight is 349 g/mol. The van der Waals surface area contributed by atoms with E-state index in [1.807, 2.05) is 36.4 Å². The number of benzene rings is 2. The molecule has 1 heterocycles. The van der Waals surface area contributed by atoms with Gasteiger partial charge >= 0.3 is 5.76 Å². The predicted octanol–water partition coefficient (Wildman–Crippen LogP) is 2.35. The lowest BCUT2D eigenvalue weighted by atomic mass is 9.96. The molecule has 132 valence electrons. The molecule has 6 heteroatoms. The minimum absolute atomic E-state index is 0.0287. The smallest absolute Gasteiger partial charge is 0.388 e. The molecule has 0 unspecified atom stereocenters. The van der Waals surface area contributed by atoms with Gasteiger partial charge in [-0.05, 0) is 30.5 Å². The van der Waals surface area contributed by atoms with Gasteiger partial charge in [0.25, 0.3) is 0 Å². The normalized spacial score (nSPS) is 14.8. The molecule has 1 aliphatic rings. The van der Waals surface area contributed by atoms with E-state index in [0.717, 1.165) is 17.5 Å². The summed E-state index contributed by atoms with van der Waals surface area (Å²) in [5, 5.41) is 7.04. The molecule has 2 aromatic carbocycles. The van der Waals surface area contributed by atoms with E-state index in [4.69, 9.17) is 4.42 Å². The number of aromatic nitrogens is 2. The first-order valence-electron chi connectivity index (χ1n) is 8.62. The van der Waals surface area contributed by atoms with Crippen molar-refractivity contribution < 1.29 is 9.21 Å². The van der Waals surface area contributed by atoms with Gasteiger partial charge in [-0.1, -0.05) is 48.5 Å². The third-order valence-corrected chi connectivity index (χ3v) is 4.78. The zero-order chi connectivity index (χ0) is 18.0. The monoisotopic (exact) mass is 349 g/mol. The molecule has 0 atom stereocenters. The molecule has 0 spiro atoms. The minimum atomic E-state index is -0.636. The predicted molar refractivity (Wildman–Crippen MR) is 96.6 cm³/mol. The number of amides is 1. The van der Waals surface area contributed by atoms with Gasteiger partial charge in [0.05, 0.1) is 0 Å². The number of hydrogen-bond donors (Lipinski definition) is 1. The molecule has 0 bridgehead atoms. The van der Waals surface area contributed by atoms with Crippen LogP contribution in [0, 0.1) is 0 Å². The molecular weight excluding hydrogens is 330 g/mol. The third-order valence-electron chi connectivity index (χ3n) is 4.78. The van der Waals surface area contributed by atoms with Gasteiger partial charge in [-0.15, -0.1) is 5.10 Å². The van der Waals surface area contributed by atoms with Crippen LogP contribution in [0.1, 0.15) is 18.4 Å². The van der Waals surface area contributed by atoms with Crippen LogP contribution < -0.4 is 11.1 Å². The first-order chi connectivity index (χ1) is 12.7. The van der Waals surface area contributed by atoms with Crippen LogP contribution in [-0.4, -0.2) is 22.2 Å². The summed E-state index contributed by atoms with van der Waals surface area (Å²) < 4.78 is 6.20. The van der Waals surface area contributed by atoms with Gasteiger partial charge in [-0.3, -0.25) is 4.79 Å². The number of carbonyl (C=O) groups is 1. The van der Waals surface area contributed by atoms with Crippen LogP contribution in [0.25, 0.3) is 11.5 Å². The molecular formula is C20H19N3O3. The summed E-state index contributed by atoms with van der Waals surface area (Å²) in [5.41, 5.74) is 1.97. The van der Waals surface area contributed by atoms with E-state index in [2.05, 4.69) is 22.5 Å². The Morgan fingerprint density at radius 2 is 1.73 bits per heavy atom. The van der Waals surface area contributed by atoms with Gasteiger partial charge in [-0.25, -0.2) is 4.79 Å². The minimum Gasteiger partial charge on any atom is -0.388 e. The first-order valence-corrected chi connectivity index (χ1v) is 8.62. The maximum absolute atomic E-state index is 12.3. The summed E-state index contributed by atoms with van der Waals surface area (Å²) in [4.78, 5) is 24.2. The summed E-state index contributed by atoms with van der Waals surface area (Å²) in [7, 11) is 0. The van der Waals surface area contributed by atoms with Crippen LogP contribution in [0.15, 0.2) is 69.9 Å². The molecule has 1 saturated carbocycles.